The molecule has 212 valence electrons. The van der Waals surface area contributed by atoms with E-state index >= 15 is 0 Å². The summed E-state index contributed by atoms with van der Waals surface area (Å²) in [6.07, 6.45) is 0. The van der Waals surface area contributed by atoms with Crippen molar-refractivity contribution in [3.63, 3.8) is 0 Å². The molecule has 0 spiro atoms. The summed E-state index contributed by atoms with van der Waals surface area (Å²) in [7, 11) is -2.34. The van der Waals surface area contributed by atoms with Crippen molar-refractivity contribution in [3.05, 3.63) is 167 Å². The number of benzene rings is 6. The van der Waals surface area contributed by atoms with E-state index in [9.17, 15) is 0 Å². The maximum absolute atomic E-state index is 6.86. The zero-order valence-corrected chi connectivity index (χ0v) is 27.8. The smallest absolute Gasteiger partial charge is 0.180 e. The molecular formula is C36H26Br2O3P2. The van der Waals surface area contributed by atoms with Gasteiger partial charge in [0.2, 0.25) is 0 Å². The van der Waals surface area contributed by atoms with Crippen molar-refractivity contribution in [2.75, 3.05) is 0 Å². The highest BCUT2D eigenvalue weighted by atomic mass is 79.9. The topological polar surface area (TPSA) is 27.7 Å². The molecule has 6 aromatic rings. The summed E-state index contributed by atoms with van der Waals surface area (Å²) < 4.78 is 22.0. The van der Waals surface area contributed by atoms with Crippen molar-refractivity contribution >= 4 is 69.4 Å². The molecule has 6 aromatic carbocycles. The van der Waals surface area contributed by atoms with Crippen molar-refractivity contribution in [1.29, 1.82) is 0 Å². The third-order valence-electron chi connectivity index (χ3n) is 6.41. The van der Waals surface area contributed by atoms with Crippen LogP contribution in [0.3, 0.4) is 0 Å². The summed E-state index contributed by atoms with van der Waals surface area (Å²) in [5.74, 6) is 2.42. The fourth-order valence-electron chi connectivity index (χ4n) is 4.38. The molecule has 0 aliphatic carbocycles. The Morgan fingerprint density at radius 2 is 0.651 bits per heavy atom. The molecule has 0 N–H and O–H groups in total. The van der Waals surface area contributed by atoms with E-state index in [2.05, 4.69) is 80.4 Å². The predicted molar refractivity (Wildman–Crippen MR) is 188 cm³/mol. The van der Waals surface area contributed by atoms with Crippen LogP contribution in [0, 0.1) is 0 Å². The van der Waals surface area contributed by atoms with E-state index in [1.54, 1.807) is 0 Å². The Labute approximate surface area is 271 Å². The molecule has 0 aromatic heterocycles. The first-order chi connectivity index (χ1) is 21.2. The molecule has 0 saturated heterocycles. The first-order valence-corrected chi connectivity index (χ1v) is 17.7. The molecule has 0 atom stereocenters. The van der Waals surface area contributed by atoms with Gasteiger partial charge in [0.15, 0.2) is 39.3 Å². The van der Waals surface area contributed by atoms with E-state index in [1.807, 2.05) is 109 Å². The highest BCUT2D eigenvalue weighted by Crippen LogP contribution is 2.50. The summed E-state index contributed by atoms with van der Waals surface area (Å²) in [5, 5.41) is 4.42. The standard InChI is InChI=1S/C36H26Br2O3P2/c37-31-23-13-25-33(35(31)40-42(27-15-5-1-6-16-27)28-17-7-2-8-18-28)39-34-26-14-24-32(38)36(34)41-43(29-19-9-3-10-20-29)30-21-11-4-12-22-30/h1-26H. The van der Waals surface area contributed by atoms with Crippen LogP contribution in [0.1, 0.15) is 0 Å². The average Bonchev–Trinajstić information content (AvgIpc) is 3.06. The number of hydrogen-bond acceptors (Lipinski definition) is 3. The van der Waals surface area contributed by atoms with Crippen LogP contribution in [-0.2, 0) is 0 Å². The summed E-state index contributed by atoms with van der Waals surface area (Å²) in [5.41, 5.74) is 0. The van der Waals surface area contributed by atoms with Gasteiger partial charge in [-0.1, -0.05) is 133 Å². The maximum Gasteiger partial charge on any atom is 0.180 e. The Bertz CT molecular complexity index is 1560. The van der Waals surface area contributed by atoms with Crippen molar-refractivity contribution in [1.82, 2.24) is 0 Å². The molecule has 0 unspecified atom stereocenters. The quantitative estimate of drug-likeness (QED) is 0.132. The van der Waals surface area contributed by atoms with E-state index in [0.29, 0.717) is 23.0 Å². The highest BCUT2D eigenvalue weighted by Gasteiger charge is 2.24. The molecule has 0 aliphatic rings. The summed E-state index contributed by atoms with van der Waals surface area (Å²) in [6, 6.07) is 52.9. The largest absolute Gasteiger partial charge is 0.459 e. The molecule has 7 heteroatoms. The number of halogens is 2. The molecule has 0 bridgehead atoms. The molecule has 43 heavy (non-hydrogen) atoms. The minimum Gasteiger partial charge on any atom is -0.459 e. The van der Waals surface area contributed by atoms with Crippen LogP contribution >= 0.6 is 48.2 Å². The van der Waals surface area contributed by atoms with Gasteiger partial charge in [0.05, 0.1) is 8.95 Å². The summed E-state index contributed by atoms with van der Waals surface area (Å²) in [6.45, 7) is 0. The molecule has 0 radical (unpaired) electrons. The molecule has 0 aliphatic heterocycles. The Kier molecular flexibility index (Phi) is 9.87. The third-order valence-corrected chi connectivity index (χ3v) is 11.5. The number of rotatable bonds is 10. The highest BCUT2D eigenvalue weighted by molar-refractivity contribution is 9.11. The molecule has 3 nitrogen and oxygen atoms in total. The first kappa shape index (κ1) is 29.6. The van der Waals surface area contributed by atoms with E-state index in [1.165, 1.54) is 0 Å². The van der Waals surface area contributed by atoms with Crippen molar-refractivity contribution in [2.45, 2.75) is 0 Å². The minimum absolute atomic E-state index is 0.584. The van der Waals surface area contributed by atoms with E-state index in [-0.39, 0.29) is 0 Å². The zero-order chi connectivity index (χ0) is 29.4. The minimum atomic E-state index is -1.17. The molecule has 6 rings (SSSR count). The second-order valence-corrected chi connectivity index (χ2v) is 14.7. The van der Waals surface area contributed by atoms with E-state index in [4.69, 9.17) is 13.8 Å². The van der Waals surface area contributed by atoms with Gasteiger partial charge in [-0.25, -0.2) is 0 Å². The van der Waals surface area contributed by atoms with Gasteiger partial charge in [-0.2, -0.15) is 0 Å². The van der Waals surface area contributed by atoms with Crippen molar-refractivity contribution < 1.29 is 13.8 Å². The number of para-hydroxylation sites is 2. The summed E-state index contributed by atoms with van der Waals surface area (Å²) >= 11 is 7.47. The average molecular weight is 728 g/mol. The fraction of sp³-hybridized carbons (Fsp3) is 0. The van der Waals surface area contributed by atoms with Gasteiger partial charge < -0.3 is 13.8 Å². The normalized spacial score (nSPS) is 11.0. The Morgan fingerprint density at radius 1 is 0.349 bits per heavy atom. The third kappa shape index (κ3) is 7.20. The van der Waals surface area contributed by atoms with Crippen LogP contribution < -0.4 is 35.0 Å². The second-order valence-electron chi connectivity index (χ2n) is 9.35. The monoisotopic (exact) mass is 726 g/mol. The molecule has 0 amide bonds. The zero-order valence-electron chi connectivity index (χ0n) is 22.9. The Morgan fingerprint density at radius 3 is 0.953 bits per heavy atom. The molecular weight excluding hydrogens is 702 g/mol. The lowest BCUT2D eigenvalue weighted by Gasteiger charge is -2.24. The molecule has 0 heterocycles. The fourth-order valence-corrected chi connectivity index (χ4v) is 9.02. The Hall–Kier alpha value is -3.46. The lowest BCUT2D eigenvalue weighted by atomic mass is 10.3. The van der Waals surface area contributed by atoms with Crippen LogP contribution in [0.15, 0.2) is 167 Å². The van der Waals surface area contributed by atoms with Crippen LogP contribution in [0.25, 0.3) is 0 Å². The lowest BCUT2D eigenvalue weighted by molar-refractivity contribution is 0.436. The van der Waals surface area contributed by atoms with Crippen LogP contribution in [0.4, 0.5) is 0 Å². The second kappa shape index (κ2) is 14.3. The number of hydrogen-bond donors (Lipinski definition) is 0. The van der Waals surface area contributed by atoms with Crippen molar-refractivity contribution in [2.24, 2.45) is 0 Å². The van der Waals surface area contributed by atoms with Gasteiger partial charge in [0, 0.05) is 21.2 Å². The van der Waals surface area contributed by atoms with Gasteiger partial charge in [-0.05, 0) is 56.1 Å². The van der Waals surface area contributed by atoms with E-state index < -0.39 is 16.3 Å². The van der Waals surface area contributed by atoms with Gasteiger partial charge >= 0.3 is 0 Å². The molecule has 0 fully saturated rings. The predicted octanol–water partition coefficient (Wildman–Crippen LogP) is 9.86. The van der Waals surface area contributed by atoms with Crippen LogP contribution in [0.2, 0.25) is 0 Å². The Balaban J connectivity index is 1.37. The van der Waals surface area contributed by atoms with Gasteiger partial charge in [0.1, 0.15) is 0 Å². The van der Waals surface area contributed by atoms with Gasteiger partial charge in [0.25, 0.3) is 0 Å². The maximum atomic E-state index is 6.86. The van der Waals surface area contributed by atoms with Crippen LogP contribution in [-0.4, -0.2) is 0 Å². The molecule has 0 saturated carbocycles. The first-order valence-electron chi connectivity index (χ1n) is 13.6. The van der Waals surface area contributed by atoms with Gasteiger partial charge in [-0.15, -0.1) is 0 Å². The SMILES string of the molecule is Brc1cccc(Oc2cccc(Br)c2OP(c2ccccc2)c2ccccc2)c1OP(c1ccccc1)c1ccccc1. The number of ether oxygens (including phenoxy) is 1. The van der Waals surface area contributed by atoms with Gasteiger partial charge in [-0.3, -0.25) is 0 Å². The summed E-state index contributed by atoms with van der Waals surface area (Å²) in [4.78, 5) is 0. The van der Waals surface area contributed by atoms with E-state index in [0.717, 1.165) is 30.2 Å². The van der Waals surface area contributed by atoms with Crippen molar-refractivity contribution in [3.8, 4) is 23.0 Å². The van der Waals surface area contributed by atoms with Crippen LogP contribution in [0.5, 0.6) is 23.0 Å². The lowest BCUT2D eigenvalue weighted by Crippen LogP contribution is -2.16.